The molecule has 0 aliphatic carbocycles. The van der Waals surface area contributed by atoms with Gasteiger partial charge in [0.25, 0.3) is 5.56 Å². The second kappa shape index (κ2) is 7.01. The smallest absolute Gasteiger partial charge is 0.290 e. The summed E-state index contributed by atoms with van der Waals surface area (Å²) in [5, 5.41) is 16.1. The van der Waals surface area contributed by atoms with Crippen molar-refractivity contribution < 1.29 is 0 Å². The molecular weight excluding hydrogens is 364 g/mol. The van der Waals surface area contributed by atoms with Crippen LogP contribution in [0.15, 0.2) is 58.3 Å². The van der Waals surface area contributed by atoms with Crippen molar-refractivity contribution in [3.8, 4) is 11.3 Å². The quantitative estimate of drug-likeness (QED) is 0.497. The number of nitrogens with zero attached hydrogens (tertiary/aromatic N) is 3. The molecule has 2 aromatic heterocycles. The topological polar surface area (TPSA) is 113 Å². The van der Waals surface area contributed by atoms with Gasteiger partial charge in [0, 0.05) is 12.1 Å². The summed E-state index contributed by atoms with van der Waals surface area (Å²) in [6.45, 7) is 0.844. The van der Waals surface area contributed by atoms with E-state index in [1.807, 2.05) is 18.2 Å². The molecule has 1 aliphatic rings. The van der Waals surface area contributed by atoms with E-state index in [9.17, 15) is 4.79 Å². The van der Waals surface area contributed by atoms with E-state index < -0.39 is 0 Å². The van der Waals surface area contributed by atoms with Gasteiger partial charge in [0.2, 0.25) is 0 Å². The number of nitrogens with one attached hydrogen (secondary N) is 2. The van der Waals surface area contributed by atoms with Gasteiger partial charge in [0.05, 0.1) is 10.7 Å². The number of aromatic nitrogens is 4. The average molecular weight is 384 g/mol. The minimum atomic E-state index is -0.334. The molecule has 1 unspecified atom stereocenters. The van der Waals surface area contributed by atoms with Gasteiger partial charge in [-0.2, -0.15) is 10.2 Å². The Labute approximate surface area is 166 Å². The standard InChI is InChI=1S/C22H20N6O/c23-21-18-19(25-26-20(18)22(29)28-27-21)15-7-5-13(6-8-15)11-14-9-10-24-17-4-2-1-3-16(17)12-14/h1-8,12,14H,9-11H2,(H2,23,27)(H,25,26)(H,28,29). The molecule has 0 radical (unpaired) electrons. The number of anilines is 1. The van der Waals surface area contributed by atoms with Gasteiger partial charge in [0.15, 0.2) is 5.82 Å². The Bertz CT molecular complexity index is 1370. The Morgan fingerprint density at radius 1 is 1.03 bits per heavy atom. The van der Waals surface area contributed by atoms with Gasteiger partial charge in [-0.1, -0.05) is 48.5 Å². The fraction of sp³-hybridized carbons (Fsp3) is 0.182. The summed E-state index contributed by atoms with van der Waals surface area (Å²) in [5.41, 5.74) is 8.74. The monoisotopic (exact) mass is 384 g/mol. The van der Waals surface area contributed by atoms with E-state index in [0.717, 1.165) is 30.3 Å². The normalized spacial score (nSPS) is 15.9. The summed E-state index contributed by atoms with van der Waals surface area (Å²) in [5.74, 6) is 0.695. The third-order valence-corrected chi connectivity index (χ3v) is 5.39. The Morgan fingerprint density at radius 2 is 1.86 bits per heavy atom. The van der Waals surface area contributed by atoms with Crippen molar-refractivity contribution in [2.75, 3.05) is 12.3 Å². The zero-order valence-electron chi connectivity index (χ0n) is 15.7. The third kappa shape index (κ3) is 3.20. The minimum Gasteiger partial charge on any atom is -0.382 e. The van der Waals surface area contributed by atoms with E-state index in [0.29, 0.717) is 22.5 Å². The number of para-hydroxylation sites is 1. The highest BCUT2D eigenvalue weighted by atomic mass is 16.1. The molecular formula is C22H20N6O. The van der Waals surface area contributed by atoms with Crippen LogP contribution in [0.5, 0.6) is 0 Å². The lowest BCUT2D eigenvalue weighted by molar-refractivity contribution is 0.628. The van der Waals surface area contributed by atoms with Crippen LogP contribution in [0.2, 0.25) is 0 Å². The first-order valence-electron chi connectivity index (χ1n) is 9.62. The fourth-order valence-electron chi connectivity index (χ4n) is 3.91. The predicted molar refractivity (Wildman–Crippen MR) is 113 cm³/mol. The molecule has 4 N–H and O–H groups in total. The van der Waals surface area contributed by atoms with Crippen LogP contribution >= 0.6 is 0 Å². The Kier molecular flexibility index (Phi) is 4.20. The number of benzene rings is 2. The second-order valence-electron chi connectivity index (χ2n) is 7.32. The Hall–Kier alpha value is -3.74. The highest BCUT2D eigenvalue weighted by Gasteiger charge is 2.15. The van der Waals surface area contributed by atoms with Gasteiger partial charge < -0.3 is 5.73 Å². The van der Waals surface area contributed by atoms with Crippen LogP contribution in [0.25, 0.3) is 28.2 Å². The van der Waals surface area contributed by atoms with Crippen molar-refractivity contribution in [3.63, 3.8) is 0 Å². The molecule has 0 spiro atoms. The van der Waals surface area contributed by atoms with Gasteiger partial charge in [-0.25, -0.2) is 5.10 Å². The number of nitrogens with two attached hydrogens (primary N) is 1. The molecule has 2 aromatic carbocycles. The maximum absolute atomic E-state index is 11.9. The van der Waals surface area contributed by atoms with Crippen LogP contribution < -0.4 is 21.9 Å². The highest BCUT2D eigenvalue weighted by Crippen LogP contribution is 2.28. The first-order valence-corrected chi connectivity index (χ1v) is 9.62. The van der Waals surface area contributed by atoms with E-state index >= 15 is 0 Å². The second-order valence-corrected chi connectivity index (χ2v) is 7.32. The van der Waals surface area contributed by atoms with Crippen LogP contribution in [0, 0.1) is 5.92 Å². The molecule has 1 atom stereocenters. The molecule has 1 aliphatic heterocycles. The Balaban J connectivity index is 1.44. The maximum atomic E-state index is 11.9. The summed E-state index contributed by atoms with van der Waals surface area (Å²) >= 11 is 0. The molecule has 7 nitrogen and oxygen atoms in total. The lowest BCUT2D eigenvalue weighted by Crippen LogP contribution is -2.24. The van der Waals surface area contributed by atoms with Gasteiger partial charge in [-0.15, -0.1) is 0 Å². The number of hydrogen-bond acceptors (Lipinski definition) is 5. The molecule has 0 saturated heterocycles. The van der Waals surface area contributed by atoms with E-state index in [-0.39, 0.29) is 11.4 Å². The van der Waals surface area contributed by atoms with Crippen molar-refractivity contribution >= 4 is 22.8 Å². The molecule has 3 heterocycles. The van der Waals surface area contributed by atoms with Crippen molar-refractivity contribution in [2.24, 2.45) is 10.9 Å². The van der Waals surface area contributed by atoms with Gasteiger partial charge in [-0.3, -0.25) is 14.9 Å². The maximum Gasteiger partial charge on any atom is 0.290 e. The molecule has 0 bridgehead atoms. The highest BCUT2D eigenvalue weighted by molar-refractivity contribution is 5.99. The largest absolute Gasteiger partial charge is 0.382 e. The zero-order chi connectivity index (χ0) is 19.8. The van der Waals surface area contributed by atoms with Gasteiger partial charge in [-0.05, 0) is 35.6 Å². The number of hydrogen-bond donors (Lipinski definition) is 3. The number of nitrogen functional groups attached to an aromatic ring is 1. The number of aromatic amines is 2. The zero-order valence-corrected chi connectivity index (χ0v) is 15.7. The molecule has 29 heavy (non-hydrogen) atoms. The average Bonchev–Trinajstić information content (AvgIpc) is 3.09. The van der Waals surface area contributed by atoms with Crippen LogP contribution in [0.3, 0.4) is 0 Å². The number of rotatable bonds is 3. The number of fused-ring (bicyclic) bond motifs is 2. The SMILES string of the molecule is Nc1n[nH]c(=O)c2[nH]nc(-c3ccc(CC4C=c5ccccc5=NCC4)cc3)c12. The van der Waals surface area contributed by atoms with Crippen LogP contribution in [0.4, 0.5) is 5.82 Å². The van der Waals surface area contributed by atoms with Crippen molar-refractivity contribution in [1.82, 2.24) is 20.4 Å². The first kappa shape index (κ1) is 17.4. The molecule has 0 saturated carbocycles. The first-order chi connectivity index (χ1) is 14.2. The summed E-state index contributed by atoms with van der Waals surface area (Å²) < 4.78 is 0. The van der Waals surface area contributed by atoms with Crippen molar-refractivity contribution in [1.29, 1.82) is 0 Å². The molecule has 7 heteroatoms. The summed E-state index contributed by atoms with van der Waals surface area (Å²) in [7, 11) is 0. The van der Waals surface area contributed by atoms with Crippen LogP contribution in [0.1, 0.15) is 12.0 Å². The summed E-state index contributed by atoms with van der Waals surface area (Å²) in [6.07, 6.45) is 4.32. The summed E-state index contributed by atoms with van der Waals surface area (Å²) in [6, 6.07) is 16.5. The van der Waals surface area contributed by atoms with E-state index in [4.69, 9.17) is 5.73 Å². The minimum absolute atomic E-state index is 0.253. The lowest BCUT2D eigenvalue weighted by Gasteiger charge is -2.11. The predicted octanol–water partition coefficient (Wildman–Crippen LogP) is 1.56. The van der Waals surface area contributed by atoms with E-state index in [1.165, 1.54) is 10.8 Å². The molecule has 4 aromatic rings. The van der Waals surface area contributed by atoms with Crippen LogP contribution in [-0.4, -0.2) is 26.9 Å². The van der Waals surface area contributed by atoms with E-state index in [1.54, 1.807) is 0 Å². The molecule has 5 rings (SSSR count). The van der Waals surface area contributed by atoms with Crippen molar-refractivity contribution in [3.05, 3.63) is 75.0 Å². The third-order valence-electron chi connectivity index (χ3n) is 5.39. The van der Waals surface area contributed by atoms with Gasteiger partial charge in [0.1, 0.15) is 11.2 Å². The van der Waals surface area contributed by atoms with E-state index in [2.05, 4.69) is 61.8 Å². The molecule has 144 valence electrons. The molecule has 0 amide bonds. The number of H-pyrrole nitrogens is 2. The molecule has 0 fully saturated rings. The van der Waals surface area contributed by atoms with Gasteiger partial charge >= 0.3 is 0 Å². The van der Waals surface area contributed by atoms with Crippen molar-refractivity contribution in [2.45, 2.75) is 12.8 Å². The fourth-order valence-corrected chi connectivity index (χ4v) is 3.91. The summed E-state index contributed by atoms with van der Waals surface area (Å²) in [4.78, 5) is 16.6. The lowest BCUT2D eigenvalue weighted by atomic mass is 9.94. The Morgan fingerprint density at radius 3 is 2.72 bits per heavy atom. The van der Waals surface area contributed by atoms with Crippen LogP contribution in [-0.2, 0) is 6.42 Å².